The van der Waals surface area contributed by atoms with Gasteiger partial charge in [0.25, 0.3) is 5.56 Å². The first-order chi connectivity index (χ1) is 12.5. The Kier molecular flexibility index (Phi) is 4.93. The van der Waals surface area contributed by atoms with Gasteiger partial charge in [-0.1, -0.05) is 19.1 Å². The Morgan fingerprint density at radius 1 is 1.12 bits per heavy atom. The molecule has 0 fully saturated rings. The minimum Gasteiger partial charge on any atom is -0.326 e. The lowest BCUT2D eigenvalue weighted by molar-refractivity contribution is -0.115. The summed E-state index contributed by atoms with van der Waals surface area (Å²) in [5.74, 6) is -0.289. The number of amides is 1. The first kappa shape index (κ1) is 17.5. The van der Waals surface area contributed by atoms with Gasteiger partial charge in [-0.3, -0.25) is 19.0 Å². The smallest absolute Gasteiger partial charge is 0.261 e. The number of aromatic nitrogens is 2. The van der Waals surface area contributed by atoms with Crippen LogP contribution in [-0.2, 0) is 11.3 Å². The van der Waals surface area contributed by atoms with Crippen LogP contribution in [0.1, 0.15) is 29.3 Å². The molecule has 0 atom stereocenters. The number of anilines is 1. The lowest BCUT2D eigenvalue weighted by Gasteiger charge is -2.08. The fraction of sp³-hybridized carbons (Fsp3) is 0.200. The maximum absolute atomic E-state index is 12.6. The molecule has 6 nitrogen and oxygen atoms in total. The molecule has 6 heteroatoms. The minimum absolute atomic E-state index is 0.0869. The molecule has 0 saturated heterocycles. The highest BCUT2D eigenvalue weighted by atomic mass is 16.2. The fourth-order valence-electron chi connectivity index (χ4n) is 2.68. The summed E-state index contributed by atoms with van der Waals surface area (Å²) in [5.41, 5.74) is 2.43. The molecule has 26 heavy (non-hydrogen) atoms. The van der Waals surface area contributed by atoms with Gasteiger partial charge >= 0.3 is 0 Å². The van der Waals surface area contributed by atoms with Crippen molar-refractivity contribution in [2.75, 3.05) is 5.32 Å². The largest absolute Gasteiger partial charge is 0.326 e. The van der Waals surface area contributed by atoms with E-state index in [1.54, 1.807) is 43.3 Å². The van der Waals surface area contributed by atoms with Gasteiger partial charge in [0.1, 0.15) is 0 Å². The molecule has 1 N–H and O–H groups in total. The van der Waals surface area contributed by atoms with E-state index in [4.69, 9.17) is 0 Å². The first-order valence-corrected chi connectivity index (χ1v) is 8.37. The molecule has 0 saturated carbocycles. The predicted molar refractivity (Wildman–Crippen MR) is 100 cm³/mol. The quantitative estimate of drug-likeness (QED) is 0.718. The number of Topliss-reactive ketones (excluding diaryl/α,β-unsaturated/α-hetero) is 1. The van der Waals surface area contributed by atoms with Crippen molar-refractivity contribution < 1.29 is 9.59 Å². The number of benzene rings is 2. The van der Waals surface area contributed by atoms with Crippen LogP contribution >= 0.6 is 0 Å². The zero-order valence-electron chi connectivity index (χ0n) is 14.7. The van der Waals surface area contributed by atoms with Crippen LogP contribution in [0.2, 0.25) is 0 Å². The van der Waals surface area contributed by atoms with E-state index >= 15 is 0 Å². The Morgan fingerprint density at radius 2 is 1.85 bits per heavy atom. The molecule has 1 heterocycles. The molecular weight excluding hydrogens is 330 g/mol. The lowest BCUT2D eigenvalue weighted by atomic mass is 10.1. The Bertz CT molecular complexity index is 1040. The van der Waals surface area contributed by atoms with Crippen molar-refractivity contribution in [1.82, 2.24) is 9.55 Å². The molecule has 0 unspecified atom stereocenters. The number of carbonyl (C=O) groups is 2. The molecule has 1 amide bonds. The van der Waals surface area contributed by atoms with E-state index < -0.39 is 0 Å². The molecule has 132 valence electrons. The number of aryl methyl sites for hydroxylation is 1. The number of ketones is 1. The van der Waals surface area contributed by atoms with Crippen LogP contribution in [0.25, 0.3) is 10.9 Å². The highest BCUT2D eigenvalue weighted by molar-refractivity contribution is 5.97. The number of rotatable bonds is 5. The van der Waals surface area contributed by atoms with Crippen LogP contribution < -0.4 is 10.9 Å². The number of para-hydroxylation sites is 1. The van der Waals surface area contributed by atoms with Crippen LogP contribution in [0, 0.1) is 6.92 Å². The summed E-state index contributed by atoms with van der Waals surface area (Å²) in [7, 11) is 0. The third kappa shape index (κ3) is 3.54. The van der Waals surface area contributed by atoms with E-state index in [2.05, 4.69) is 10.3 Å². The summed E-state index contributed by atoms with van der Waals surface area (Å²) in [6.07, 6.45) is 1.80. The molecule has 3 aromatic rings. The van der Waals surface area contributed by atoms with Gasteiger partial charge in [-0.2, -0.15) is 0 Å². The van der Waals surface area contributed by atoms with Gasteiger partial charge in [0.05, 0.1) is 23.8 Å². The highest BCUT2D eigenvalue weighted by Gasteiger charge is 2.11. The maximum atomic E-state index is 12.6. The van der Waals surface area contributed by atoms with E-state index in [1.807, 2.05) is 13.0 Å². The second-order valence-electron chi connectivity index (χ2n) is 6.05. The second kappa shape index (κ2) is 7.31. The summed E-state index contributed by atoms with van der Waals surface area (Å²) in [5, 5.41) is 3.22. The van der Waals surface area contributed by atoms with Gasteiger partial charge in [0.2, 0.25) is 5.91 Å². The first-order valence-electron chi connectivity index (χ1n) is 8.37. The average molecular weight is 349 g/mol. The van der Waals surface area contributed by atoms with Gasteiger partial charge < -0.3 is 5.32 Å². The normalized spacial score (nSPS) is 10.7. The van der Waals surface area contributed by atoms with E-state index in [9.17, 15) is 14.4 Å². The average Bonchev–Trinajstić information content (AvgIpc) is 2.65. The summed E-state index contributed by atoms with van der Waals surface area (Å²) in [6.45, 7) is 3.57. The van der Waals surface area contributed by atoms with Crippen LogP contribution in [0.5, 0.6) is 0 Å². The van der Waals surface area contributed by atoms with Crippen molar-refractivity contribution in [3.05, 3.63) is 70.3 Å². The highest BCUT2D eigenvalue weighted by Crippen LogP contribution is 2.13. The fourth-order valence-corrected chi connectivity index (χ4v) is 2.68. The van der Waals surface area contributed by atoms with Crippen molar-refractivity contribution in [3.63, 3.8) is 0 Å². The van der Waals surface area contributed by atoms with Crippen LogP contribution in [0.3, 0.4) is 0 Å². The van der Waals surface area contributed by atoms with Crippen molar-refractivity contribution in [2.24, 2.45) is 0 Å². The number of nitrogens with one attached hydrogen (secondary N) is 1. The predicted octanol–water partition coefficient (Wildman–Crippen LogP) is 2.94. The topological polar surface area (TPSA) is 81.1 Å². The summed E-state index contributed by atoms with van der Waals surface area (Å²) in [6, 6.07) is 12.0. The molecule has 3 rings (SSSR count). The molecule has 2 aromatic carbocycles. The van der Waals surface area contributed by atoms with Crippen molar-refractivity contribution >= 4 is 28.3 Å². The number of fused-ring (bicyclic) bond motifs is 1. The van der Waals surface area contributed by atoms with Gasteiger partial charge in [-0.05, 0) is 42.8 Å². The summed E-state index contributed by atoms with van der Waals surface area (Å²) < 4.78 is 1.32. The summed E-state index contributed by atoms with van der Waals surface area (Å²) in [4.78, 5) is 40.8. The van der Waals surface area contributed by atoms with Crippen molar-refractivity contribution in [1.29, 1.82) is 0 Å². The lowest BCUT2D eigenvalue weighted by Crippen LogP contribution is -2.24. The van der Waals surface area contributed by atoms with Crippen LogP contribution in [-0.4, -0.2) is 21.2 Å². The van der Waals surface area contributed by atoms with E-state index in [1.165, 1.54) is 10.9 Å². The van der Waals surface area contributed by atoms with Gasteiger partial charge in [-0.25, -0.2) is 4.98 Å². The van der Waals surface area contributed by atoms with Gasteiger partial charge in [0.15, 0.2) is 5.78 Å². The standard InChI is InChI=1S/C20H19N3O3/c1-3-18(25)22-15-9-7-14(8-10-15)17(24)11-23-12-21-19-13(2)5-4-6-16(19)20(23)26/h4-10,12H,3,11H2,1-2H3,(H,22,25). The molecule has 0 aliphatic heterocycles. The van der Waals surface area contributed by atoms with Crippen LogP contribution in [0.15, 0.2) is 53.6 Å². The molecule has 0 aliphatic carbocycles. The molecular formula is C20H19N3O3. The summed E-state index contributed by atoms with van der Waals surface area (Å²) >= 11 is 0. The van der Waals surface area contributed by atoms with Gasteiger partial charge in [0, 0.05) is 17.7 Å². The van der Waals surface area contributed by atoms with E-state index in [0.29, 0.717) is 28.6 Å². The van der Waals surface area contributed by atoms with Gasteiger partial charge in [-0.15, -0.1) is 0 Å². The SMILES string of the molecule is CCC(=O)Nc1ccc(C(=O)Cn2cnc3c(C)cccc3c2=O)cc1. The maximum Gasteiger partial charge on any atom is 0.261 e. The monoisotopic (exact) mass is 349 g/mol. The van der Waals surface area contributed by atoms with Crippen molar-refractivity contribution in [3.8, 4) is 0 Å². The Balaban J connectivity index is 1.82. The number of carbonyl (C=O) groups excluding carboxylic acids is 2. The third-order valence-electron chi connectivity index (χ3n) is 4.18. The van der Waals surface area contributed by atoms with Crippen LogP contribution in [0.4, 0.5) is 5.69 Å². The van der Waals surface area contributed by atoms with E-state index in [0.717, 1.165) is 5.56 Å². The Labute approximate surface area is 150 Å². The number of hydrogen-bond acceptors (Lipinski definition) is 4. The number of nitrogens with zero attached hydrogens (tertiary/aromatic N) is 2. The molecule has 0 aliphatic rings. The minimum atomic E-state index is -0.237. The molecule has 0 spiro atoms. The number of hydrogen-bond donors (Lipinski definition) is 1. The zero-order chi connectivity index (χ0) is 18.7. The molecule has 1 aromatic heterocycles. The Morgan fingerprint density at radius 3 is 2.54 bits per heavy atom. The zero-order valence-corrected chi connectivity index (χ0v) is 14.7. The molecule has 0 radical (unpaired) electrons. The van der Waals surface area contributed by atoms with Crippen molar-refractivity contribution in [2.45, 2.75) is 26.8 Å². The Hall–Kier alpha value is -3.28. The second-order valence-corrected chi connectivity index (χ2v) is 6.05. The van der Waals surface area contributed by atoms with E-state index in [-0.39, 0.29) is 23.8 Å². The third-order valence-corrected chi connectivity index (χ3v) is 4.18. The molecule has 0 bridgehead atoms.